The summed E-state index contributed by atoms with van der Waals surface area (Å²) in [4.78, 5) is 112. The van der Waals surface area contributed by atoms with Crippen LogP contribution in [0.15, 0.2) is 10.8 Å². The Hall–Kier alpha value is -3.28. The molecule has 5 aliphatic rings. The number of fused-ring (bicyclic) bond motifs is 1. The van der Waals surface area contributed by atoms with Crippen LogP contribution in [0.2, 0.25) is 0 Å². The van der Waals surface area contributed by atoms with E-state index in [0.29, 0.717) is 5.56 Å². The third-order valence-corrected chi connectivity index (χ3v) is 24.1. The lowest BCUT2D eigenvalue weighted by Gasteiger charge is -2.44. The number of ether oxygens (including phenoxy) is 10. The largest absolute Gasteiger partial charge is 0.481 e. The van der Waals surface area contributed by atoms with Gasteiger partial charge in [0, 0.05) is 50.7 Å². The van der Waals surface area contributed by atoms with Crippen molar-refractivity contribution in [3.05, 3.63) is 31.6 Å². The number of hydrogen-bond donors (Lipinski definition) is 10. The third kappa shape index (κ3) is 20.9. The van der Waals surface area contributed by atoms with Gasteiger partial charge in [-0.3, -0.25) is 37.8 Å². The molecule has 34 nitrogen and oxygen atoms in total. The summed E-state index contributed by atoms with van der Waals surface area (Å²) in [5.41, 5.74) is 23.3. The molecular formula is C50H78F2N4O30P4S4. The molecule has 94 heavy (non-hydrogen) atoms. The summed E-state index contributed by atoms with van der Waals surface area (Å²) in [5, 5.41) is 23.9. The summed E-state index contributed by atoms with van der Waals surface area (Å²) in [6, 6.07) is 0. The first-order valence-electron chi connectivity index (χ1n) is 27.8. The number of nitrogen functional groups attached to an aromatic ring is 2. The van der Waals surface area contributed by atoms with Gasteiger partial charge < -0.3 is 109 Å². The maximum atomic E-state index is 15.1. The van der Waals surface area contributed by atoms with Crippen LogP contribution in [0.4, 0.5) is 20.2 Å². The number of esters is 4. The first-order chi connectivity index (χ1) is 42.9. The number of thiophene rings is 2. The van der Waals surface area contributed by atoms with Crippen LogP contribution < -0.4 is 22.9 Å². The number of aliphatic hydroxyl groups is 2. The molecule has 7 heterocycles. The third-order valence-electron chi connectivity index (χ3n) is 15.0. The van der Waals surface area contributed by atoms with Crippen molar-refractivity contribution in [1.29, 1.82) is 0 Å². The number of anilines is 2. The summed E-state index contributed by atoms with van der Waals surface area (Å²) in [7, 11) is -10.8. The number of nitrogens with two attached hydrogens (primary N) is 4. The molecule has 2 amide bonds. The summed E-state index contributed by atoms with van der Waals surface area (Å²) in [5.74, 6) is -8.45. The summed E-state index contributed by atoms with van der Waals surface area (Å²) >= 11 is 11.7. The highest BCUT2D eigenvalue weighted by Crippen LogP contribution is 2.64. The van der Waals surface area contributed by atoms with Crippen LogP contribution >= 0.6 is 51.8 Å². The van der Waals surface area contributed by atoms with Gasteiger partial charge in [-0.15, -0.1) is 22.7 Å². The van der Waals surface area contributed by atoms with E-state index in [9.17, 15) is 72.1 Å². The summed E-state index contributed by atoms with van der Waals surface area (Å²) in [6.07, 6.45) is -22.1. The van der Waals surface area contributed by atoms with Crippen molar-refractivity contribution in [1.82, 2.24) is 0 Å². The Morgan fingerprint density at radius 2 is 0.979 bits per heavy atom. The van der Waals surface area contributed by atoms with Gasteiger partial charge in [-0.25, -0.2) is 26.5 Å². The van der Waals surface area contributed by atoms with E-state index < -0.39 is 219 Å². The average molecular weight is 1510 g/mol. The van der Waals surface area contributed by atoms with Gasteiger partial charge in [0.1, 0.15) is 71.8 Å². The smallest absolute Gasteiger partial charge is 0.463 e. The second-order valence-electron chi connectivity index (χ2n) is 22.3. The molecule has 536 valence electrons. The van der Waals surface area contributed by atoms with Crippen molar-refractivity contribution in [2.75, 3.05) is 37.9 Å². The van der Waals surface area contributed by atoms with Crippen LogP contribution in [-0.2, 0) is 126 Å². The highest BCUT2D eigenvalue weighted by atomic mass is 32.5. The van der Waals surface area contributed by atoms with Crippen LogP contribution in [0.25, 0.3) is 0 Å². The Kier molecular flexibility index (Phi) is 28.4. The van der Waals surface area contributed by atoms with Crippen LogP contribution in [0.5, 0.6) is 0 Å². The van der Waals surface area contributed by atoms with Gasteiger partial charge in [-0.05, 0) is 60.1 Å². The fourth-order valence-corrected chi connectivity index (χ4v) is 18.4. The zero-order valence-electron chi connectivity index (χ0n) is 51.0. The number of alkyl halides is 2. The molecule has 0 aliphatic carbocycles. The molecule has 44 heteroatoms. The van der Waals surface area contributed by atoms with E-state index in [1.54, 1.807) is 46.9 Å². The van der Waals surface area contributed by atoms with Crippen molar-refractivity contribution >= 4 is 122 Å². The lowest BCUT2D eigenvalue weighted by molar-refractivity contribution is -0.262. The molecule has 0 bridgehead atoms. The van der Waals surface area contributed by atoms with Gasteiger partial charge in [-0.1, -0.05) is 35.1 Å². The van der Waals surface area contributed by atoms with E-state index in [4.69, 9.17) is 116 Å². The number of amides is 2. The Morgan fingerprint density at radius 1 is 0.606 bits per heavy atom. The predicted molar refractivity (Wildman–Crippen MR) is 329 cm³/mol. The van der Waals surface area contributed by atoms with Gasteiger partial charge in [0.25, 0.3) is 11.8 Å². The van der Waals surface area contributed by atoms with Crippen LogP contribution in [-0.4, -0.2) is 184 Å². The lowest BCUT2D eigenvalue weighted by atomic mass is 9.82. The molecule has 2 aromatic rings. The second kappa shape index (κ2) is 32.8. The minimum Gasteiger partial charge on any atom is -0.463 e. The van der Waals surface area contributed by atoms with Gasteiger partial charge in [-0.2, -0.15) is 0 Å². The topological polar surface area (TPSA) is 510 Å². The first-order valence-corrected chi connectivity index (χ1v) is 37.7. The van der Waals surface area contributed by atoms with Gasteiger partial charge in [0.05, 0.1) is 36.8 Å². The van der Waals surface area contributed by atoms with Crippen LogP contribution in [0, 0.1) is 23.7 Å². The van der Waals surface area contributed by atoms with E-state index >= 15 is 4.39 Å². The predicted octanol–water partition coefficient (Wildman–Crippen LogP) is 4.01. The standard InChI is InChI=1S/C26H39FN2O15P2S2.C23H35FN2O15P2S2.CH4/c1-10-11(2)19(38-13(4)31)25(40-18(10)15(27)7-36-12(3)30)43-45(33,34)44-46(35,47)37-8-16-21-22(42-26(5,6)41-21)20(39-16)14-9-48-23(17(14)28)24(29)32;1-8-9(2)19(37-11(4)28)23(39-18(8)13(24)5-35-10(3)27)40-42(32,33)41-43(34,44)36-6-14-16(29)17(30)20(38-14)12-7-45-21(15(12)25)22(26)31;/h9-11,15-16,18-22,25H,7-8,28H2,1-6H3,(H2,29,32)(H,33,34)(H,35,47);7-9,13-14,16-20,23,29-30H,5-6,25H2,1-4H3,(H2,26,31)(H,32,33)(H,34,44);1H4/t10-,11-,15-,16+,18?,19?,20-,21-,22?,25-,46?;8-,9-,13-,14+,16-,17?,18?,19?,20-,23-,43?;/m00./s1. The minimum atomic E-state index is -5.42. The quantitative estimate of drug-likeness (QED) is 0.0361. The monoisotopic (exact) mass is 1500 g/mol. The number of halogens is 2. The number of aliphatic hydroxyl groups excluding tert-OH is 2. The molecule has 7 rings (SSSR count). The SMILES string of the molecule is C.CC(=O)OC[C@H](F)C1O[C@@H](OP(=O)(O)OP(O)(=S)OC[C@H]2O[C@@H](c3csc(C(N)=O)c3N)C(O)[C@H]2O)C(OC(C)=O)[C@@H](C)[C@@H]1C.CC(=O)OC[C@H](F)C1O[C@@H](OP(=O)(O)OP(O)(=S)OC[C@H]2O[C@@H](c3csc(C(N)=O)c3N)C3OC(C)(C)O[C@H]32)C(OC(C)=O)[C@@H](C)[C@@H]1C. The Balaban J connectivity index is 0.000000338. The fourth-order valence-electron chi connectivity index (χ4n) is 10.4. The van der Waals surface area contributed by atoms with Gasteiger partial charge >= 0.3 is 53.0 Å². The van der Waals surface area contributed by atoms with E-state index in [1.807, 2.05) is 0 Å². The van der Waals surface area contributed by atoms with E-state index in [-0.39, 0.29) is 34.1 Å². The number of carbonyl (C=O) groups is 6. The van der Waals surface area contributed by atoms with Crippen LogP contribution in [0.1, 0.15) is 119 Å². The minimum absolute atomic E-state index is 0. The van der Waals surface area contributed by atoms with Crippen molar-refractivity contribution in [3.63, 3.8) is 0 Å². The number of primary amides is 2. The maximum absolute atomic E-state index is 15.1. The fraction of sp³-hybridized carbons (Fsp3) is 0.720. The number of rotatable bonds is 26. The molecule has 5 fully saturated rings. The van der Waals surface area contributed by atoms with Crippen molar-refractivity contribution in [3.8, 4) is 0 Å². The normalized spacial score (nSPS) is 33.6. The number of phosphoric ester groups is 2. The molecule has 10 unspecified atom stereocenters. The molecule has 14 N–H and O–H groups in total. The highest BCUT2D eigenvalue weighted by Gasteiger charge is 2.58. The zero-order chi connectivity index (χ0) is 69.9. The van der Waals surface area contributed by atoms with Gasteiger partial charge in [0.2, 0.25) is 12.6 Å². The van der Waals surface area contributed by atoms with Crippen molar-refractivity contribution in [2.24, 2.45) is 35.1 Å². The molecule has 5 aliphatic heterocycles. The first kappa shape index (κ1) is 81.4. The number of phosphoric acid groups is 2. The molecular weight excluding hydrogens is 1430 g/mol. The van der Waals surface area contributed by atoms with Crippen molar-refractivity contribution < 1.29 is 151 Å². The lowest BCUT2D eigenvalue weighted by Crippen LogP contribution is -2.55. The van der Waals surface area contributed by atoms with E-state index in [1.165, 1.54) is 5.38 Å². The summed E-state index contributed by atoms with van der Waals surface area (Å²) < 4.78 is 141. The highest BCUT2D eigenvalue weighted by molar-refractivity contribution is 8.08. The number of carbonyl (C=O) groups excluding carboxylic acids is 6. The van der Waals surface area contributed by atoms with Crippen molar-refractivity contribution in [2.45, 2.75) is 181 Å². The molecule has 0 spiro atoms. The Labute approximate surface area is 555 Å². The zero-order valence-corrected chi connectivity index (χ0v) is 57.8. The molecule has 0 saturated carbocycles. The molecule has 0 radical (unpaired) electrons. The second-order valence-corrected chi connectivity index (χ2v) is 32.9. The van der Waals surface area contributed by atoms with Crippen LogP contribution in [0.3, 0.4) is 0 Å². The number of hydrogen-bond acceptors (Lipinski definition) is 32. The average Bonchev–Trinajstić information content (AvgIpc) is 1.55. The van der Waals surface area contributed by atoms with E-state index in [2.05, 4.69) is 4.74 Å². The maximum Gasteiger partial charge on any atom is 0.481 e. The summed E-state index contributed by atoms with van der Waals surface area (Å²) in [6.45, 7) is 1.94. The Bertz CT molecular complexity index is 3250. The van der Waals surface area contributed by atoms with E-state index in [0.717, 1.165) is 50.4 Å². The Morgan fingerprint density at radius 3 is 1.35 bits per heavy atom. The molecule has 5 saturated heterocycles. The molecule has 2 aromatic heterocycles. The molecule has 24 atom stereocenters. The molecule has 0 aromatic carbocycles. The van der Waals surface area contributed by atoms with Gasteiger partial charge in [0.15, 0.2) is 30.3 Å².